The van der Waals surface area contributed by atoms with E-state index in [9.17, 15) is 4.89 Å². The monoisotopic (exact) mass is 526 g/mol. The van der Waals surface area contributed by atoms with Crippen molar-refractivity contribution >= 4 is 8.60 Å². The molecule has 0 unspecified atom stereocenters. The van der Waals surface area contributed by atoms with Crippen LogP contribution in [0.3, 0.4) is 0 Å². The van der Waals surface area contributed by atoms with Crippen molar-refractivity contribution in [1.29, 1.82) is 0 Å². The Morgan fingerprint density at radius 1 is 0.595 bits per heavy atom. The molecule has 37 heavy (non-hydrogen) atoms. The number of benzene rings is 2. The standard InChI is InChI=1S/C33H51O3P/c1-13-30(5,6)24-18-22-17-23-19-25(31(7,8)14-2)21-27(33(11,12)16-4)29(23)36-37(34)35-28(22)26(20-24)32(9,10)15-3/h18-21,34H,13-17H2,1-12H3. The second-order valence-electron chi connectivity index (χ2n) is 13.6. The van der Waals surface area contributed by atoms with Gasteiger partial charge in [-0.2, -0.15) is 0 Å². The minimum atomic E-state index is -2.13. The molecule has 0 saturated carbocycles. The number of fused-ring (bicyclic) bond motifs is 2. The molecule has 0 spiro atoms. The van der Waals surface area contributed by atoms with Crippen LogP contribution in [0.5, 0.6) is 11.5 Å². The van der Waals surface area contributed by atoms with Crippen molar-refractivity contribution in [2.45, 2.75) is 137 Å². The summed E-state index contributed by atoms with van der Waals surface area (Å²) in [4.78, 5) is 11.2. The maximum absolute atomic E-state index is 11.2. The summed E-state index contributed by atoms with van der Waals surface area (Å²) in [6.07, 6.45) is 4.77. The second kappa shape index (κ2) is 10.5. The fraction of sp³-hybridized carbons (Fsp3) is 0.636. The van der Waals surface area contributed by atoms with Crippen LogP contribution >= 0.6 is 8.60 Å². The van der Waals surface area contributed by atoms with E-state index in [-0.39, 0.29) is 21.7 Å². The van der Waals surface area contributed by atoms with Gasteiger partial charge >= 0.3 is 8.60 Å². The fourth-order valence-electron chi connectivity index (χ4n) is 4.81. The molecule has 0 fully saturated rings. The van der Waals surface area contributed by atoms with Crippen molar-refractivity contribution in [3.05, 3.63) is 57.6 Å². The predicted molar refractivity (Wildman–Crippen MR) is 159 cm³/mol. The maximum Gasteiger partial charge on any atom is 0.460 e. The van der Waals surface area contributed by atoms with Crippen molar-refractivity contribution < 1.29 is 13.9 Å². The van der Waals surface area contributed by atoms with Crippen LogP contribution < -0.4 is 9.05 Å². The number of hydrogen-bond donors (Lipinski definition) is 1. The predicted octanol–water partition coefficient (Wildman–Crippen LogP) is 10.0. The van der Waals surface area contributed by atoms with Crippen LogP contribution in [0.4, 0.5) is 0 Å². The van der Waals surface area contributed by atoms with E-state index in [1.165, 1.54) is 11.1 Å². The molecule has 0 saturated heterocycles. The van der Waals surface area contributed by atoms with Crippen LogP contribution in [0, 0.1) is 0 Å². The summed E-state index contributed by atoms with van der Waals surface area (Å²) in [6, 6.07) is 9.29. The van der Waals surface area contributed by atoms with Gasteiger partial charge in [-0.05, 0) is 69.6 Å². The third kappa shape index (κ3) is 5.89. The third-order valence-electron chi connectivity index (χ3n) is 9.61. The second-order valence-corrected chi connectivity index (χ2v) is 14.4. The topological polar surface area (TPSA) is 38.7 Å². The molecule has 1 N–H and O–H groups in total. The molecule has 0 aromatic heterocycles. The lowest BCUT2D eigenvalue weighted by Gasteiger charge is -2.35. The zero-order valence-electron chi connectivity index (χ0n) is 25.6. The summed E-state index contributed by atoms with van der Waals surface area (Å²) in [7, 11) is -2.13. The van der Waals surface area contributed by atoms with Gasteiger partial charge in [0.25, 0.3) is 0 Å². The molecule has 0 aliphatic carbocycles. The number of hydrogen-bond acceptors (Lipinski definition) is 3. The Morgan fingerprint density at radius 3 is 1.22 bits per heavy atom. The lowest BCUT2D eigenvalue weighted by atomic mass is 9.73. The molecule has 1 aliphatic rings. The van der Waals surface area contributed by atoms with Crippen molar-refractivity contribution in [1.82, 2.24) is 0 Å². The van der Waals surface area contributed by atoms with Gasteiger partial charge in [0.15, 0.2) is 0 Å². The smallest absolute Gasteiger partial charge is 0.417 e. The van der Waals surface area contributed by atoms with Gasteiger partial charge in [0.2, 0.25) is 0 Å². The molecule has 4 heteroatoms. The molecule has 0 amide bonds. The molecular formula is C33H51O3P. The van der Waals surface area contributed by atoms with Gasteiger partial charge in [-0.15, -0.1) is 0 Å². The molecular weight excluding hydrogens is 475 g/mol. The van der Waals surface area contributed by atoms with Crippen LogP contribution in [0.25, 0.3) is 0 Å². The van der Waals surface area contributed by atoms with Crippen molar-refractivity contribution in [2.24, 2.45) is 0 Å². The lowest BCUT2D eigenvalue weighted by Crippen LogP contribution is -2.24. The molecule has 0 radical (unpaired) electrons. The first kappa shape index (κ1) is 30.0. The van der Waals surface area contributed by atoms with E-state index in [1.54, 1.807) is 0 Å². The van der Waals surface area contributed by atoms with E-state index >= 15 is 0 Å². The molecule has 2 aromatic carbocycles. The molecule has 1 aliphatic heterocycles. The molecule has 2 aromatic rings. The molecule has 0 bridgehead atoms. The Morgan fingerprint density at radius 2 is 0.919 bits per heavy atom. The van der Waals surface area contributed by atoms with E-state index in [1.807, 2.05) is 0 Å². The summed E-state index contributed by atoms with van der Waals surface area (Å²) in [5.74, 6) is 1.61. The molecule has 3 rings (SSSR count). The van der Waals surface area contributed by atoms with Gasteiger partial charge in [0.05, 0.1) is 0 Å². The first-order valence-corrected chi connectivity index (χ1v) is 15.4. The van der Waals surface area contributed by atoms with E-state index in [0.717, 1.165) is 59.4 Å². The summed E-state index contributed by atoms with van der Waals surface area (Å²) in [5, 5.41) is 0. The quantitative estimate of drug-likeness (QED) is 0.348. The minimum Gasteiger partial charge on any atom is -0.417 e. The first-order valence-electron chi connectivity index (χ1n) is 14.2. The van der Waals surface area contributed by atoms with Crippen LogP contribution in [0.2, 0.25) is 0 Å². The normalized spacial score (nSPS) is 15.3. The molecule has 3 nitrogen and oxygen atoms in total. The molecule has 206 valence electrons. The Labute approximate surface area is 228 Å². The lowest BCUT2D eigenvalue weighted by molar-refractivity contribution is 0.358. The zero-order valence-corrected chi connectivity index (χ0v) is 26.5. The Bertz CT molecular complexity index is 1040. The van der Waals surface area contributed by atoms with Gasteiger partial charge in [-0.1, -0.05) is 107 Å². The summed E-state index contributed by atoms with van der Waals surface area (Å²) < 4.78 is 12.7. The van der Waals surface area contributed by atoms with Crippen LogP contribution in [-0.4, -0.2) is 4.89 Å². The maximum atomic E-state index is 11.2. The molecule has 0 atom stereocenters. The molecule has 1 heterocycles. The fourth-order valence-corrected chi connectivity index (χ4v) is 5.59. The average Bonchev–Trinajstić information content (AvgIpc) is 2.84. The first-order chi connectivity index (χ1) is 17.0. The Hall–Kier alpha value is -1.57. The average molecular weight is 527 g/mol. The summed E-state index contributed by atoms with van der Waals surface area (Å²) >= 11 is 0. The van der Waals surface area contributed by atoms with E-state index in [4.69, 9.17) is 9.05 Å². The summed E-state index contributed by atoms with van der Waals surface area (Å²) in [6.45, 7) is 27.3. The van der Waals surface area contributed by atoms with Crippen LogP contribution in [0.1, 0.15) is 142 Å². The van der Waals surface area contributed by atoms with Crippen LogP contribution in [-0.2, 0) is 28.1 Å². The highest BCUT2D eigenvalue weighted by atomic mass is 31.2. The highest BCUT2D eigenvalue weighted by molar-refractivity contribution is 7.41. The van der Waals surface area contributed by atoms with E-state index in [0.29, 0.717) is 6.42 Å². The van der Waals surface area contributed by atoms with Crippen LogP contribution in [0.15, 0.2) is 24.3 Å². The van der Waals surface area contributed by atoms with Gasteiger partial charge in [-0.3, -0.25) is 0 Å². The number of rotatable bonds is 8. The highest BCUT2D eigenvalue weighted by Crippen LogP contribution is 2.52. The Balaban J connectivity index is 2.40. The van der Waals surface area contributed by atoms with Crippen molar-refractivity contribution in [3.8, 4) is 11.5 Å². The van der Waals surface area contributed by atoms with Gasteiger partial charge < -0.3 is 13.9 Å². The van der Waals surface area contributed by atoms with Crippen molar-refractivity contribution in [3.63, 3.8) is 0 Å². The van der Waals surface area contributed by atoms with Gasteiger partial charge in [0, 0.05) is 17.5 Å². The third-order valence-corrected chi connectivity index (χ3v) is 10.3. The van der Waals surface area contributed by atoms with E-state index < -0.39 is 8.60 Å². The van der Waals surface area contributed by atoms with E-state index in [2.05, 4.69) is 107 Å². The van der Waals surface area contributed by atoms with Gasteiger partial charge in [0.1, 0.15) is 11.5 Å². The zero-order chi connectivity index (χ0) is 28.0. The SMILES string of the molecule is CCC(C)(C)c1cc2c(c(C(C)(C)CC)c1)OP(O)Oc1c(cc(C(C)(C)CC)cc1C(C)(C)CC)C2. The highest BCUT2D eigenvalue weighted by Gasteiger charge is 2.35. The summed E-state index contributed by atoms with van der Waals surface area (Å²) in [5.41, 5.74) is 7.18. The minimum absolute atomic E-state index is 0.0423. The van der Waals surface area contributed by atoms with Gasteiger partial charge in [-0.25, -0.2) is 0 Å². The van der Waals surface area contributed by atoms with Crippen molar-refractivity contribution in [2.75, 3.05) is 0 Å². The Kier molecular flexibility index (Phi) is 8.54. The largest absolute Gasteiger partial charge is 0.460 e.